The molecule has 4 rings (SSSR count). The summed E-state index contributed by atoms with van der Waals surface area (Å²) in [5, 5.41) is 10.3. The van der Waals surface area contributed by atoms with Gasteiger partial charge in [0.05, 0.1) is 0 Å². The van der Waals surface area contributed by atoms with Crippen molar-refractivity contribution in [3.05, 3.63) is 12.2 Å². The zero-order chi connectivity index (χ0) is 19.8. The molecule has 4 aliphatic rings. The predicted octanol–water partition coefficient (Wildman–Crippen LogP) is 5.30. The minimum atomic E-state index is -4.55. The topological polar surface area (TPSA) is 37.3 Å². The van der Waals surface area contributed by atoms with Crippen molar-refractivity contribution < 1.29 is 23.1 Å². The van der Waals surface area contributed by atoms with Crippen LogP contribution in [0.25, 0.3) is 0 Å². The molecule has 0 aromatic heterocycles. The highest BCUT2D eigenvalue weighted by Crippen LogP contribution is 2.66. The van der Waals surface area contributed by atoms with Gasteiger partial charge in [-0.1, -0.05) is 26.0 Å². The second-order valence-electron chi connectivity index (χ2n) is 10.3. The maximum atomic E-state index is 13.4. The number of hydrogen-bond donors (Lipinski definition) is 1. The van der Waals surface area contributed by atoms with E-state index in [1.165, 1.54) is 0 Å². The summed E-state index contributed by atoms with van der Waals surface area (Å²) in [5.74, 6) is 1.39. The van der Waals surface area contributed by atoms with E-state index < -0.39 is 11.8 Å². The van der Waals surface area contributed by atoms with Gasteiger partial charge >= 0.3 is 6.18 Å². The van der Waals surface area contributed by atoms with E-state index in [9.17, 15) is 23.1 Å². The van der Waals surface area contributed by atoms with Crippen LogP contribution >= 0.6 is 0 Å². The van der Waals surface area contributed by atoms with Crippen molar-refractivity contribution in [3.8, 4) is 0 Å². The van der Waals surface area contributed by atoms with Crippen LogP contribution in [0.4, 0.5) is 13.2 Å². The maximum Gasteiger partial charge on any atom is 0.417 e. The maximum absolute atomic E-state index is 13.4. The third-order valence-electron chi connectivity index (χ3n) is 9.18. The predicted molar refractivity (Wildman–Crippen MR) is 96.8 cm³/mol. The highest BCUT2D eigenvalue weighted by Gasteiger charge is 2.64. The number of alkyl halides is 3. The quantitative estimate of drug-likeness (QED) is 0.623. The van der Waals surface area contributed by atoms with E-state index in [1.54, 1.807) is 6.92 Å². The number of fused-ring (bicyclic) bond motifs is 5. The van der Waals surface area contributed by atoms with Gasteiger partial charge in [-0.25, -0.2) is 0 Å². The highest BCUT2D eigenvalue weighted by atomic mass is 19.4. The zero-order valence-corrected chi connectivity index (χ0v) is 16.5. The molecular formula is C22H31F3O2. The molecule has 0 unspecified atom stereocenters. The van der Waals surface area contributed by atoms with E-state index in [0.29, 0.717) is 18.3 Å². The Morgan fingerprint density at radius 1 is 1.11 bits per heavy atom. The summed E-state index contributed by atoms with van der Waals surface area (Å²) in [7, 11) is 0. The molecule has 152 valence electrons. The van der Waals surface area contributed by atoms with Crippen LogP contribution in [-0.2, 0) is 4.79 Å². The molecule has 0 aromatic rings. The van der Waals surface area contributed by atoms with E-state index in [1.807, 2.05) is 0 Å². The molecule has 0 radical (unpaired) electrons. The van der Waals surface area contributed by atoms with Crippen molar-refractivity contribution in [1.29, 1.82) is 0 Å². The van der Waals surface area contributed by atoms with Crippen LogP contribution in [0.1, 0.15) is 65.7 Å². The zero-order valence-electron chi connectivity index (χ0n) is 16.5. The van der Waals surface area contributed by atoms with Gasteiger partial charge in [0.15, 0.2) is 5.60 Å². The molecule has 0 heterocycles. The number of Topliss-reactive ketones (excluding diaryl/α,β-unsaturated/α-hetero) is 1. The Bertz CT molecular complexity index is 671. The standard InChI is InChI=1S/C22H31F3O2/c1-13(26)16-6-7-17-15-5-4-14-12-21(27,22(23,24)25)11-10-19(14,2)18(15)8-9-20(16,17)3/h8-9,14-18,27H,4-7,10-12H2,1-3H3/t14-,15+,16-,17+,18+,19+,20-,21-/m1/s1. The SMILES string of the molecule is CC(=O)[C@H]1CC[C@H]2[C@@H]3CC[C@@H]4C[C@@](O)(C(F)(F)F)CC[C@]4(C)[C@H]3C=C[C@]12C. The molecule has 0 spiro atoms. The minimum Gasteiger partial charge on any atom is -0.380 e. The smallest absolute Gasteiger partial charge is 0.380 e. The Morgan fingerprint density at radius 3 is 2.44 bits per heavy atom. The monoisotopic (exact) mass is 384 g/mol. The lowest BCUT2D eigenvalue weighted by atomic mass is 9.45. The van der Waals surface area contributed by atoms with E-state index in [2.05, 4.69) is 26.0 Å². The molecule has 1 N–H and O–H groups in total. The van der Waals surface area contributed by atoms with Gasteiger partial charge in [-0.2, -0.15) is 13.2 Å². The number of allylic oxidation sites excluding steroid dienone is 2. The van der Waals surface area contributed by atoms with Gasteiger partial charge in [0.1, 0.15) is 5.78 Å². The van der Waals surface area contributed by atoms with Crippen LogP contribution < -0.4 is 0 Å². The molecule has 3 fully saturated rings. The van der Waals surface area contributed by atoms with E-state index in [0.717, 1.165) is 25.7 Å². The summed E-state index contributed by atoms with van der Waals surface area (Å²) in [4.78, 5) is 12.2. The van der Waals surface area contributed by atoms with Gasteiger partial charge in [0, 0.05) is 5.92 Å². The van der Waals surface area contributed by atoms with Crippen molar-refractivity contribution >= 4 is 5.78 Å². The normalized spacial score (nSPS) is 52.0. The number of aliphatic hydroxyl groups is 1. The second kappa shape index (κ2) is 5.84. The molecule has 5 heteroatoms. The third-order valence-corrected chi connectivity index (χ3v) is 9.18. The lowest BCUT2D eigenvalue weighted by Gasteiger charge is -2.60. The minimum absolute atomic E-state index is 0.0758. The Labute approximate surface area is 159 Å². The van der Waals surface area contributed by atoms with Crippen molar-refractivity contribution in [2.75, 3.05) is 0 Å². The number of carbonyl (C=O) groups is 1. The molecule has 0 aliphatic heterocycles. The molecule has 8 atom stereocenters. The summed E-state index contributed by atoms with van der Waals surface area (Å²) in [6.07, 6.45) is 3.61. The Morgan fingerprint density at radius 2 is 1.81 bits per heavy atom. The van der Waals surface area contributed by atoms with Crippen molar-refractivity contribution in [1.82, 2.24) is 0 Å². The van der Waals surface area contributed by atoms with Crippen LogP contribution in [0.3, 0.4) is 0 Å². The van der Waals surface area contributed by atoms with Crippen LogP contribution in [0.2, 0.25) is 0 Å². The number of hydrogen-bond acceptors (Lipinski definition) is 2. The summed E-state index contributed by atoms with van der Waals surface area (Å²) in [6.45, 7) is 6.05. The van der Waals surface area contributed by atoms with Gasteiger partial charge in [0.25, 0.3) is 0 Å². The van der Waals surface area contributed by atoms with Crippen LogP contribution in [-0.4, -0.2) is 22.7 Å². The van der Waals surface area contributed by atoms with Crippen molar-refractivity contribution in [2.45, 2.75) is 77.5 Å². The molecule has 27 heavy (non-hydrogen) atoms. The van der Waals surface area contributed by atoms with Crippen LogP contribution in [0.15, 0.2) is 12.2 Å². The Balaban J connectivity index is 1.64. The van der Waals surface area contributed by atoms with Gasteiger partial charge < -0.3 is 5.11 Å². The summed E-state index contributed by atoms with van der Waals surface area (Å²) >= 11 is 0. The Hall–Kier alpha value is -0.840. The first kappa shape index (κ1) is 19.5. The van der Waals surface area contributed by atoms with Crippen LogP contribution in [0.5, 0.6) is 0 Å². The fourth-order valence-electron chi connectivity index (χ4n) is 7.52. The molecule has 4 aliphatic carbocycles. The van der Waals surface area contributed by atoms with E-state index in [4.69, 9.17) is 0 Å². The van der Waals surface area contributed by atoms with E-state index in [-0.39, 0.29) is 47.2 Å². The molecule has 2 nitrogen and oxygen atoms in total. The molecule has 0 bridgehead atoms. The fourth-order valence-corrected chi connectivity index (χ4v) is 7.52. The second-order valence-corrected chi connectivity index (χ2v) is 10.3. The number of halogens is 3. The van der Waals surface area contributed by atoms with Gasteiger partial charge in [-0.15, -0.1) is 0 Å². The summed E-state index contributed by atoms with van der Waals surface area (Å²) < 4.78 is 40.2. The third kappa shape index (κ3) is 2.59. The summed E-state index contributed by atoms with van der Waals surface area (Å²) in [6, 6.07) is 0. The molecule has 0 saturated heterocycles. The molecule has 0 amide bonds. The van der Waals surface area contributed by atoms with Gasteiger partial charge in [-0.3, -0.25) is 4.79 Å². The van der Waals surface area contributed by atoms with Crippen molar-refractivity contribution in [3.63, 3.8) is 0 Å². The lowest BCUT2D eigenvalue weighted by molar-refractivity contribution is -0.287. The van der Waals surface area contributed by atoms with Crippen molar-refractivity contribution in [2.24, 2.45) is 40.4 Å². The van der Waals surface area contributed by atoms with Crippen LogP contribution in [0, 0.1) is 40.4 Å². The fraction of sp³-hybridized carbons (Fsp3) is 0.864. The molecule has 0 aromatic carbocycles. The lowest BCUT2D eigenvalue weighted by Crippen LogP contribution is -2.58. The number of carbonyl (C=O) groups excluding carboxylic acids is 1. The first-order valence-electron chi connectivity index (χ1n) is 10.4. The first-order valence-corrected chi connectivity index (χ1v) is 10.4. The first-order chi connectivity index (χ1) is 12.4. The van der Waals surface area contributed by atoms with Gasteiger partial charge in [-0.05, 0) is 86.4 Å². The average molecular weight is 384 g/mol. The van der Waals surface area contributed by atoms with Gasteiger partial charge in [0.2, 0.25) is 0 Å². The molecular weight excluding hydrogens is 353 g/mol. The number of ketones is 1. The molecule has 3 saturated carbocycles. The summed E-state index contributed by atoms with van der Waals surface area (Å²) in [5.41, 5.74) is -2.81. The largest absolute Gasteiger partial charge is 0.417 e. The van der Waals surface area contributed by atoms with E-state index >= 15 is 0 Å². The Kier molecular flexibility index (Phi) is 4.21. The number of rotatable bonds is 1. The highest BCUT2D eigenvalue weighted by molar-refractivity contribution is 5.80. The average Bonchev–Trinajstić information content (AvgIpc) is 2.92.